The van der Waals surface area contributed by atoms with Gasteiger partial charge in [0, 0.05) is 18.7 Å². The van der Waals surface area contributed by atoms with Crippen LogP contribution < -0.4 is 4.74 Å². The Bertz CT molecular complexity index is 1120. The predicted octanol–water partition coefficient (Wildman–Crippen LogP) is 3.63. The van der Waals surface area contributed by atoms with Crippen LogP contribution in [0.3, 0.4) is 0 Å². The van der Waals surface area contributed by atoms with E-state index in [-0.39, 0.29) is 16.9 Å². The number of rotatable bonds is 3. The molecule has 1 unspecified atom stereocenters. The maximum absolute atomic E-state index is 13.7. The van der Waals surface area contributed by atoms with Gasteiger partial charge in [-0.1, -0.05) is 6.07 Å². The lowest BCUT2D eigenvalue weighted by atomic mass is 10.0. The lowest BCUT2D eigenvalue weighted by Gasteiger charge is -2.14. The smallest absolute Gasteiger partial charge is 0.268 e. The summed E-state index contributed by atoms with van der Waals surface area (Å²) in [6.45, 7) is 0. The number of hydrogen-bond donors (Lipinski definition) is 0. The highest BCUT2D eigenvalue weighted by Crippen LogP contribution is 2.47. The zero-order valence-electron chi connectivity index (χ0n) is 13.6. The van der Waals surface area contributed by atoms with Crippen LogP contribution in [0, 0.1) is 28.5 Å². The van der Waals surface area contributed by atoms with E-state index >= 15 is 0 Å². The summed E-state index contributed by atoms with van der Waals surface area (Å²) in [6, 6.07) is 7.45. The van der Waals surface area contributed by atoms with E-state index in [1.165, 1.54) is 6.07 Å². The third-order valence-corrected chi connectivity index (χ3v) is 5.99. The van der Waals surface area contributed by atoms with Crippen LogP contribution in [-0.2, 0) is 10.0 Å². The highest BCUT2D eigenvalue weighted by molar-refractivity contribution is 7.89. The van der Waals surface area contributed by atoms with Gasteiger partial charge in [0.1, 0.15) is 28.3 Å². The molecule has 1 aliphatic heterocycles. The molecule has 1 atom stereocenters. The molecule has 0 N–H and O–H groups in total. The summed E-state index contributed by atoms with van der Waals surface area (Å²) in [5.74, 6) is -1.57. The van der Waals surface area contributed by atoms with Gasteiger partial charge in [-0.15, -0.1) is 0 Å². The SMILES string of the molecule is CN1C(C#N)c2ccc(Oc3cc(F)cc(C#N)c3)c(C(F)F)c2S1(=O)=O. The molecular formula is C17H10F3N3O3S. The van der Waals surface area contributed by atoms with Crippen LogP contribution in [0.15, 0.2) is 35.2 Å². The minimum atomic E-state index is -4.33. The van der Waals surface area contributed by atoms with Gasteiger partial charge in [0.2, 0.25) is 10.0 Å². The van der Waals surface area contributed by atoms with E-state index in [1.54, 1.807) is 12.1 Å². The normalized spacial score (nSPS) is 18.0. The fraction of sp³-hybridized carbons (Fsp3) is 0.176. The fourth-order valence-corrected chi connectivity index (χ4v) is 4.51. The molecule has 0 aromatic heterocycles. The number of halogens is 3. The van der Waals surface area contributed by atoms with Crippen molar-refractivity contribution in [3.8, 4) is 23.6 Å². The van der Waals surface area contributed by atoms with Gasteiger partial charge in [-0.2, -0.15) is 14.8 Å². The quantitative estimate of drug-likeness (QED) is 0.794. The van der Waals surface area contributed by atoms with Gasteiger partial charge < -0.3 is 4.74 Å². The number of nitrogens with zero attached hydrogens (tertiary/aromatic N) is 3. The monoisotopic (exact) mass is 393 g/mol. The number of alkyl halides is 2. The van der Waals surface area contributed by atoms with Crippen molar-refractivity contribution in [2.24, 2.45) is 0 Å². The Balaban J connectivity index is 2.21. The molecule has 2 aromatic carbocycles. The lowest BCUT2D eigenvalue weighted by molar-refractivity contribution is 0.144. The largest absolute Gasteiger partial charge is 0.457 e. The minimum Gasteiger partial charge on any atom is -0.457 e. The Morgan fingerprint density at radius 1 is 1.22 bits per heavy atom. The molecule has 0 amide bonds. The van der Waals surface area contributed by atoms with Crippen LogP contribution in [-0.4, -0.2) is 19.8 Å². The van der Waals surface area contributed by atoms with E-state index in [2.05, 4.69) is 0 Å². The highest BCUT2D eigenvalue weighted by atomic mass is 32.2. The second kappa shape index (κ2) is 6.58. The van der Waals surface area contributed by atoms with Crippen molar-refractivity contribution >= 4 is 10.0 Å². The summed E-state index contributed by atoms with van der Waals surface area (Å²) in [5, 5.41) is 18.1. The molecule has 0 saturated heterocycles. The van der Waals surface area contributed by atoms with E-state index in [0.29, 0.717) is 4.31 Å². The average molecular weight is 393 g/mol. The van der Waals surface area contributed by atoms with Crippen molar-refractivity contribution in [2.45, 2.75) is 17.4 Å². The molecular weight excluding hydrogens is 383 g/mol. The molecule has 0 spiro atoms. The Kier molecular flexibility index (Phi) is 4.56. The Morgan fingerprint density at radius 2 is 1.93 bits per heavy atom. The third kappa shape index (κ3) is 2.99. The molecule has 2 aromatic rings. The first-order valence-electron chi connectivity index (χ1n) is 7.42. The van der Waals surface area contributed by atoms with Gasteiger partial charge in [0.15, 0.2) is 0 Å². The molecule has 0 saturated carbocycles. The van der Waals surface area contributed by atoms with Crippen molar-refractivity contribution < 1.29 is 26.3 Å². The van der Waals surface area contributed by atoms with Crippen molar-refractivity contribution in [3.05, 3.63) is 52.8 Å². The van der Waals surface area contributed by atoms with E-state index in [0.717, 1.165) is 31.3 Å². The maximum Gasteiger partial charge on any atom is 0.268 e. The Labute approximate surface area is 152 Å². The number of ether oxygens (including phenoxy) is 1. The molecule has 0 bridgehead atoms. The molecule has 27 heavy (non-hydrogen) atoms. The first-order chi connectivity index (χ1) is 12.7. The van der Waals surface area contributed by atoms with E-state index < -0.39 is 44.5 Å². The van der Waals surface area contributed by atoms with Crippen molar-refractivity contribution in [3.63, 3.8) is 0 Å². The summed E-state index contributed by atoms with van der Waals surface area (Å²) in [5.41, 5.74) is -1.10. The fourth-order valence-electron chi connectivity index (χ4n) is 2.84. The minimum absolute atomic E-state index is 0.0837. The predicted molar refractivity (Wildman–Crippen MR) is 85.9 cm³/mol. The molecule has 0 aliphatic carbocycles. The van der Waals surface area contributed by atoms with Crippen LogP contribution in [0.25, 0.3) is 0 Å². The van der Waals surface area contributed by atoms with Crippen LogP contribution in [0.5, 0.6) is 11.5 Å². The van der Waals surface area contributed by atoms with Crippen molar-refractivity contribution in [2.75, 3.05) is 7.05 Å². The second-order valence-electron chi connectivity index (χ2n) is 5.64. The number of sulfonamides is 1. The number of nitriles is 2. The molecule has 1 aliphatic rings. The van der Waals surface area contributed by atoms with Crippen molar-refractivity contribution in [1.82, 2.24) is 4.31 Å². The van der Waals surface area contributed by atoms with E-state index in [1.807, 2.05) is 0 Å². The molecule has 0 radical (unpaired) electrons. The summed E-state index contributed by atoms with van der Waals surface area (Å²) < 4.78 is 72.0. The van der Waals surface area contributed by atoms with Crippen LogP contribution in [0.2, 0.25) is 0 Å². The summed E-state index contributed by atoms with van der Waals surface area (Å²) in [6.07, 6.45) is -3.24. The Hall–Kier alpha value is -3.08. The molecule has 138 valence electrons. The van der Waals surface area contributed by atoms with Gasteiger partial charge in [0.25, 0.3) is 6.43 Å². The van der Waals surface area contributed by atoms with Crippen LogP contribution in [0.4, 0.5) is 13.2 Å². The van der Waals surface area contributed by atoms with E-state index in [4.69, 9.17) is 10.00 Å². The first-order valence-corrected chi connectivity index (χ1v) is 8.86. The van der Waals surface area contributed by atoms with Gasteiger partial charge in [0.05, 0.1) is 23.3 Å². The molecule has 0 fully saturated rings. The molecule has 3 rings (SSSR count). The van der Waals surface area contributed by atoms with Gasteiger partial charge >= 0.3 is 0 Å². The average Bonchev–Trinajstić information content (AvgIpc) is 2.80. The summed E-state index contributed by atoms with van der Waals surface area (Å²) in [4.78, 5) is -0.694. The number of benzene rings is 2. The lowest BCUT2D eigenvalue weighted by Crippen LogP contribution is -2.23. The van der Waals surface area contributed by atoms with E-state index in [9.17, 15) is 26.9 Å². The van der Waals surface area contributed by atoms with Gasteiger partial charge in [-0.3, -0.25) is 0 Å². The zero-order chi connectivity index (χ0) is 19.9. The highest BCUT2D eigenvalue weighted by Gasteiger charge is 2.45. The number of fused-ring (bicyclic) bond motifs is 1. The molecule has 6 nitrogen and oxygen atoms in total. The Morgan fingerprint density at radius 3 is 2.52 bits per heavy atom. The van der Waals surface area contributed by atoms with Gasteiger partial charge in [-0.25, -0.2) is 21.6 Å². The molecule has 10 heteroatoms. The molecule has 1 heterocycles. The van der Waals surface area contributed by atoms with Crippen molar-refractivity contribution in [1.29, 1.82) is 10.5 Å². The third-order valence-electron chi connectivity index (χ3n) is 4.05. The summed E-state index contributed by atoms with van der Waals surface area (Å²) in [7, 11) is -3.22. The van der Waals surface area contributed by atoms with Crippen LogP contribution >= 0.6 is 0 Å². The zero-order valence-corrected chi connectivity index (χ0v) is 14.5. The second-order valence-corrected chi connectivity index (χ2v) is 7.57. The maximum atomic E-state index is 13.7. The number of hydrogen-bond acceptors (Lipinski definition) is 5. The summed E-state index contributed by atoms with van der Waals surface area (Å²) >= 11 is 0. The standard InChI is InChI=1S/C17H10F3N3O3S/c1-23-13(8-22)12-2-3-14(15(17(19)20)16(12)27(23,24)25)26-11-5-9(7-21)4-10(18)6-11/h2-6,13,17H,1H3. The van der Waals surface area contributed by atoms with Crippen LogP contribution in [0.1, 0.15) is 29.2 Å². The van der Waals surface area contributed by atoms with Gasteiger partial charge in [-0.05, 0) is 18.2 Å². The topological polar surface area (TPSA) is 94.2 Å². The first kappa shape index (κ1) is 18.7.